The van der Waals surface area contributed by atoms with E-state index < -0.39 is 6.04 Å². The smallest absolute Gasteiger partial charge is 0.236 e. The highest BCUT2D eigenvalue weighted by molar-refractivity contribution is 6.30. The maximum atomic E-state index is 11.7. The molecule has 0 unspecified atom stereocenters. The number of nitrogens with one attached hydrogen (secondary N) is 1. The van der Waals surface area contributed by atoms with E-state index in [-0.39, 0.29) is 11.3 Å². The molecule has 0 aliphatic heterocycles. The second kappa shape index (κ2) is 5.93. The Hall–Kier alpha value is -1.06. The number of rotatable bonds is 4. The van der Waals surface area contributed by atoms with Gasteiger partial charge in [-0.1, -0.05) is 36.6 Å². The van der Waals surface area contributed by atoms with Crippen LogP contribution in [0.5, 0.6) is 0 Å². The molecule has 19 heavy (non-hydrogen) atoms. The van der Waals surface area contributed by atoms with E-state index in [0.29, 0.717) is 6.54 Å². The van der Waals surface area contributed by atoms with E-state index in [2.05, 4.69) is 11.4 Å². The van der Waals surface area contributed by atoms with Gasteiger partial charge in [0.25, 0.3) is 0 Å². The Morgan fingerprint density at radius 3 is 2.74 bits per heavy atom. The highest BCUT2D eigenvalue weighted by atomic mass is 35.5. The first-order valence-electron chi connectivity index (χ1n) is 6.83. The first-order chi connectivity index (χ1) is 9.03. The van der Waals surface area contributed by atoms with Gasteiger partial charge in [0.05, 0.1) is 6.04 Å². The van der Waals surface area contributed by atoms with Crippen LogP contribution in [0, 0.1) is 0 Å². The summed E-state index contributed by atoms with van der Waals surface area (Å²) in [6, 6.07) is 7.53. The van der Waals surface area contributed by atoms with Gasteiger partial charge >= 0.3 is 0 Å². The standard InChI is InChI=1S/C15H21ClN2O/c1-11(17)14(19)18-10-15(7-2-3-8-15)12-5-4-6-13(16)9-12/h4-6,9,11H,2-3,7-8,10,17H2,1H3,(H,18,19)/t11-/m0/s1. The lowest BCUT2D eigenvalue weighted by molar-refractivity contribution is -0.122. The van der Waals surface area contributed by atoms with Crippen molar-refractivity contribution in [2.45, 2.75) is 44.1 Å². The Balaban J connectivity index is 2.16. The Labute approximate surface area is 119 Å². The number of carbonyl (C=O) groups is 1. The molecule has 1 amide bonds. The zero-order valence-corrected chi connectivity index (χ0v) is 12.0. The Morgan fingerprint density at radius 2 is 2.16 bits per heavy atom. The van der Waals surface area contributed by atoms with Gasteiger partial charge in [0.15, 0.2) is 0 Å². The normalized spacial score (nSPS) is 19.1. The third-order valence-corrected chi connectivity index (χ3v) is 4.25. The molecule has 1 aliphatic carbocycles. The van der Waals surface area contributed by atoms with Crippen LogP contribution in [0.25, 0.3) is 0 Å². The molecule has 1 fully saturated rings. The largest absolute Gasteiger partial charge is 0.354 e. The molecule has 1 aliphatic rings. The van der Waals surface area contributed by atoms with E-state index >= 15 is 0 Å². The van der Waals surface area contributed by atoms with Crippen molar-refractivity contribution < 1.29 is 4.79 Å². The molecule has 2 rings (SSSR count). The molecule has 1 saturated carbocycles. The maximum Gasteiger partial charge on any atom is 0.236 e. The summed E-state index contributed by atoms with van der Waals surface area (Å²) in [5.41, 5.74) is 6.84. The van der Waals surface area contributed by atoms with Crippen molar-refractivity contribution in [1.29, 1.82) is 0 Å². The van der Waals surface area contributed by atoms with Crippen molar-refractivity contribution in [3.8, 4) is 0 Å². The van der Waals surface area contributed by atoms with Gasteiger partial charge in [0.1, 0.15) is 0 Å². The van der Waals surface area contributed by atoms with Crippen LogP contribution in [-0.2, 0) is 10.2 Å². The number of hydrogen-bond acceptors (Lipinski definition) is 2. The highest BCUT2D eigenvalue weighted by Crippen LogP contribution is 2.41. The van der Waals surface area contributed by atoms with E-state index in [1.165, 1.54) is 18.4 Å². The summed E-state index contributed by atoms with van der Waals surface area (Å²) >= 11 is 6.09. The Kier molecular flexibility index (Phi) is 4.48. The van der Waals surface area contributed by atoms with Crippen molar-refractivity contribution in [2.75, 3.05) is 6.54 Å². The number of halogens is 1. The summed E-state index contributed by atoms with van der Waals surface area (Å²) in [6.45, 7) is 2.35. The third-order valence-electron chi connectivity index (χ3n) is 4.01. The van der Waals surface area contributed by atoms with Crippen LogP contribution < -0.4 is 11.1 Å². The minimum atomic E-state index is -0.460. The Morgan fingerprint density at radius 1 is 1.47 bits per heavy atom. The quantitative estimate of drug-likeness (QED) is 0.891. The van der Waals surface area contributed by atoms with Crippen molar-refractivity contribution in [3.63, 3.8) is 0 Å². The van der Waals surface area contributed by atoms with E-state index in [0.717, 1.165) is 17.9 Å². The van der Waals surface area contributed by atoms with Crippen LogP contribution in [0.2, 0.25) is 5.02 Å². The molecule has 0 radical (unpaired) electrons. The molecule has 1 aromatic carbocycles. The van der Waals surface area contributed by atoms with E-state index in [9.17, 15) is 4.79 Å². The second-order valence-electron chi connectivity index (χ2n) is 5.50. The molecule has 1 aromatic rings. The number of nitrogens with two attached hydrogens (primary N) is 1. The van der Waals surface area contributed by atoms with E-state index in [1.807, 2.05) is 18.2 Å². The van der Waals surface area contributed by atoms with Gasteiger partial charge < -0.3 is 11.1 Å². The monoisotopic (exact) mass is 280 g/mol. The molecule has 0 spiro atoms. The summed E-state index contributed by atoms with van der Waals surface area (Å²) < 4.78 is 0. The molecule has 104 valence electrons. The average molecular weight is 281 g/mol. The zero-order valence-electron chi connectivity index (χ0n) is 11.3. The van der Waals surface area contributed by atoms with Gasteiger partial charge in [-0.3, -0.25) is 4.79 Å². The fourth-order valence-electron chi connectivity index (χ4n) is 2.85. The number of amides is 1. The topological polar surface area (TPSA) is 55.1 Å². The van der Waals surface area contributed by atoms with Gasteiger partial charge in [0.2, 0.25) is 5.91 Å². The summed E-state index contributed by atoms with van der Waals surface area (Å²) in [5, 5.41) is 3.73. The van der Waals surface area contributed by atoms with Crippen LogP contribution in [0.1, 0.15) is 38.2 Å². The molecule has 0 aromatic heterocycles. The minimum absolute atomic E-state index is 0.0233. The first kappa shape index (κ1) is 14.4. The van der Waals surface area contributed by atoms with Gasteiger partial charge in [0, 0.05) is 17.0 Å². The van der Waals surface area contributed by atoms with Crippen LogP contribution in [0.4, 0.5) is 0 Å². The summed E-state index contributed by atoms with van der Waals surface area (Å²) in [7, 11) is 0. The summed E-state index contributed by atoms with van der Waals surface area (Å²) in [6.07, 6.45) is 4.57. The second-order valence-corrected chi connectivity index (χ2v) is 5.94. The SMILES string of the molecule is C[C@H](N)C(=O)NCC1(c2cccc(Cl)c2)CCCC1. The fraction of sp³-hybridized carbons (Fsp3) is 0.533. The zero-order chi connectivity index (χ0) is 13.9. The first-order valence-corrected chi connectivity index (χ1v) is 7.21. The summed E-state index contributed by atoms with van der Waals surface area (Å²) in [5.74, 6) is -0.0895. The van der Waals surface area contributed by atoms with Crippen LogP contribution in [0.3, 0.4) is 0 Å². The predicted molar refractivity (Wildman–Crippen MR) is 78.3 cm³/mol. The molecule has 3 nitrogen and oxygen atoms in total. The number of carbonyl (C=O) groups excluding carboxylic acids is 1. The van der Waals surface area contributed by atoms with Crippen molar-refractivity contribution >= 4 is 17.5 Å². The predicted octanol–water partition coefficient (Wildman–Crippen LogP) is 2.62. The lowest BCUT2D eigenvalue weighted by Gasteiger charge is -2.30. The maximum absolute atomic E-state index is 11.7. The Bertz CT molecular complexity index is 453. The minimum Gasteiger partial charge on any atom is -0.354 e. The van der Waals surface area contributed by atoms with Crippen LogP contribution in [-0.4, -0.2) is 18.5 Å². The van der Waals surface area contributed by atoms with Gasteiger partial charge in [-0.25, -0.2) is 0 Å². The molecule has 3 N–H and O–H groups in total. The van der Waals surface area contributed by atoms with E-state index in [1.54, 1.807) is 6.92 Å². The number of benzene rings is 1. The highest BCUT2D eigenvalue weighted by Gasteiger charge is 2.36. The lowest BCUT2D eigenvalue weighted by atomic mass is 9.79. The molecule has 0 bridgehead atoms. The number of hydrogen-bond donors (Lipinski definition) is 2. The summed E-state index contributed by atoms with van der Waals surface area (Å²) in [4.78, 5) is 11.7. The van der Waals surface area contributed by atoms with Crippen molar-refractivity contribution in [1.82, 2.24) is 5.32 Å². The molecule has 4 heteroatoms. The van der Waals surface area contributed by atoms with Crippen molar-refractivity contribution in [3.05, 3.63) is 34.9 Å². The van der Waals surface area contributed by atoms with Crippen LogP contribution in [0.15, 0.2) is 24.3 Å². The van der Waals surface area contributed by atoms with E-state index in [4.69, 9.17) is 17.3 Å². The van der Waals surface area contributed by atoms with Gasteiger partial charge in [-0.05, 0) is 37.5 Å². The molecular weight excluding hydrogens is 260 g/mol. The average Bonchev–Trinajstić information content (AvgIpc) is 2.86. The van der Waals surface area contributed by atoms with Gasteiger partial charge in [-0.2, -0.15) is 0 Å². The third kappa shape index (κ3) is 3.28. The fourth-order valence-corrected chi connectivity index (χ4v) is 3.05. The molecule has 0 saturated heterocycles. The van der Waals surface area contributed by atoms with Crippen molar-refractivity contribution in [2.24, 2.45) is 5.73 Å². The molecular formula is C15H21ClN2O. The van der Waals surface area contributed by atoms with Gasteiger partial charge in [-0.15, -0.1) is 0 Å². The molecule has 1 atom stereocenters. The lowest BCUT2D eigenvalue weighted by Crippen LogP contribution is -2.45. The molecule has 0 heterocycles. The van der Waals surface area contributed by atoms with Crippen LogP contribution >= 0.6 is 11.6 Å².